The fourth-order valence-electron chi connectivity index (χ4n) is 2.58. The van der Waals surface area contributed by atoms with E-state index in [-0.39, 0.29) is 5.91 Å². The van der Waals surface area contributed by atoms with Crippen molar-refractivity contribution in [2.24, 2.45) is 0 Å². The number of hydrogen-bond acceptors (Lipinski definition) is 4. The average Bonchev–Trinajstić information content (AvgIpc) is 3.13. The van der Waals surface area contributed by atoms with Gasteiger partial charge in [0.25, 0.3) is 5.91 Å². The normalized spacial score (nSPS) is 22.4. The number of hydrogen-bond donors (Lipinski definition) is 1. The molecule has 0 bridgehead atoms. The number of rotatable bonds is 4. The van der Waals surface area contributed by atoms with Crippen LogP contribution in [0.5, 0.6) is 0 Å². The molecule has 19 heavy (non-hydrogen) atoms. The molecule has 0 aromatic carbocycles. The van der Waals surface area contributed by atoms with Crippen LogP contribution in [0.25, 0.3) is 0 Å². The fourth-order valence-corrected chi connectivity index (χ4v) is 2.58. The molecule has 0 radical (unpaired) electrons. The first-order valence-corrected chi connectivity index (χ1v) is 6.87. The molecule has 1 aromatic heterocycles. The van der Waals surface area contributed by atoms with Crippen molar-refractivity contribution in [2.75, 3.05) is 13.1 Å². The molecule has 2 aliphatic rings. The van der Waals surface area contributed by atoms with Gasteiger partial charge in [-0.25, -0.2) is 4.79 Å². The largest absolute Gasteiger partial charge is 0.430 e. The van der Waals surface area contributed by atoms with Crippen molar-refractivity contribution in [2.45, 2.75) is 37.8 Å². The Morgan fingerprint density at radius 1 is 1.37 bits per heavy atom. The number of carbonyl (C=O) groups is 1. The Bertz CT molecular complexity index is 495. The smallest absolute Gasteiger partial charge is 0.335 e. The van der Waals surface area contributed by atoms with Crippen molar-refractivity contribution in [1.29, 1.82) is 0 Å². The van der Waals surface area contributed by atoms with Crippen molar-refractivity contribution < 1.29 is 9.21 Å². The molecule has 2 heterocycles. The van der Waals surface area contributed by atoms with E-state index in [9.17, 15) is 9.59 Å². The molecule has 0 spiro atoms. The van der Waals surface area contributed by atoms with E-state index in [1.54, 1.807) is 6.07 Å². The molecular weight excluding hydrogens is 244 g/mol. The molecule has 1 aromatic rings. The van der Waals surface area contributed by atoms with Crippen LogP contribution in [0.4, 0.5) is 0 Å². The molecule has 1 atom stereocenters. The molecule has 1 unspecified atom stereocenters. The van der Waals surface area contributed by atoms with E-state index in [0.29, 0.717) is 17.6 Å². The van der Waals surface area contributed by atoms with Crippen LogP contribution in [0.2, 0.25) is 0 Å². The Balaban J connectivity index is 1.73. The minimum absolute atomic E-state index is 0.0278. The number of carbonyl (C=O) groups excluding carboxylic acids is 1. The predicted molar refractivity (Wildman–Crippen MR) is 70.1 cm³/mol. The van der Waals surface area contributed by atoms with Gasteiger partial charge in [0.05, 0.1) is 5.56 Å². The molecule has 1 saturated carbocycles. The SMILES string of the molecule is O=C(c1ccc(=O)oc1)N(CC1CCCN1)C1CC1. The van der Waals surface area contributed by atoms with E-state index in [4.69, 9.17) is 4.42 Å². The lowest BCUT2D eigenvalue weighted by molar-refractivity contribution is 0.0726. The maximum Gasteiger partial charge on any atom is 0.335 e. The third kappa shape index (κ3) is 2.87. The quantitative estimate of drug-likeness (QED) is 0.879. The zero-order chi connectivity index (χ0) is 13.2. The van der Waals surface area contributed by atoms with E-state index in [1.807, 2.05) is 4.90 Å². The molecule has 5 heteroatoms. The van der Waals surface area contributed by atoms with E-state index in [0.717, 1.165) is 32.4 Å². The summed E-state index contributed by atoms with van der Waals surface area (Å²) in [6, 6.07) is 3.61. The molecule has 1 aliphatic carbocycles. The summed E-state index contributed by atoms with van der Waals surface area (Å²) in [6.07, 6.45) is 5.73. The number of nitrogens with zero attached hydrogens (tertiary/aromatic N) is 1. The topological polar surface area (TPSA) is 62.6 Å². The molecular formula is C14H18N2O3. The third-order valence-electron chi connectivity index (χ3n) is 3.78. The second-order valence-corrected chi connectivity index (χ2v) is 5.33. The first-order chi connectivity index (χ1) is 9.24. The lowest BCUT2D eigenvalue weighted by atomic mass is 10.2. The van der Waals surface area contributed by atoms with Crippen LogP contribution < -0.4 is 10.9 Å². The van der Waals surface area contributed by atoms with Gasteiger partial charge in [-0.1, -0.05) is 0 Å². The highest BCUT2D eigenvalue weighted by Crippen LogP contribution is 2.29. The van der Waals surface area contributed by atoms with Crippen molar-refractivity contribution in [3.05, 3.63) is 34.4 Å². The summed E-state index contributed by atoms with van der Waals surface area (Å²) in [6.45, 7) is 1.79. The Hall–Kier alpha value is -1.62. The Morgan fingerprint density at radius 3 is 2.79 bits per heavy atom. The van der Waals surface area contributed by atoms with Crippen LogP contribution in [-0.2, 0) is 0 Å². The summed E-state index contributed by atoms with van der Waals surface area (Å²) in [5.74, 6) is -0.0278. The minimum Gasteiger partial charge on any atom is -0.430 e. The monoisotopic (exact) mass is 262 g/mol. The van der Waals surface area contributed by atoms with Crippen molar-refractivity contribution in [1.82, 2.24) is 10.2 Å². The van der Waals surface area contributed by atoms with Gasteiger partial charge in [0.2, 0.25) is 0 Å². The molecule has 1 saturated heterocycles. The van der Waals surface area contributed by atoms with Gasteiger partial charge in [-0.2, -0.15) is 0 Å². The minimum atomic E-state index is -0.424. The van der Waals surface area contributed by atoms with Crippen molar-refractivity contribution in [3.63, 3.8) is 0 Å². The van der Waals surface area contributed by atoms with Gasteiger partial charge in [-0.15, -0.1) is 0 Å². The third-order valence-corrected chi connectivity index (χ3v) is 3.78. The highest BCUT2D eigenvalue weighted by Gasteiger charge is 2.35. The van der Waals surface area contributed by atoms with Gasteiger partial charge in [-0.3, -0.25) is 4.79 Å². The van der Waals surface area contributed by atoms with Crippen LogP contribution in [0.1, 0.15) is 36.0 Å². The van der Waals surface area contributed by atoms with Crippen LogP contribution in [0, 0.1) is 0 Å². The molecule has 1 N–H and O–H groups in total. The summed E-state index contributed by atoms with van der Waals surface area (Å²) in [5, 5.41) is 3.42. The van der Waals surface area contributed by atoms with Crippen molar-refractivity contribution in [3.8, 4) is 0 Å². The van der Waals surface area contributed by atoms with E-state index in [2.05, 4.69) is 5.32 Å². The van der Waals surface area contributed by atoms with Crippen LogP contribution >= 0.6 is 0 Å². The summed E-state index contributed by atoms with van der Waals surface area (Å²) < 4.78 is 4.78. The molecule has 5 nitrogen and oxygen atoms in total. The number of amides is 1. The van der Waals surface area contributed by atoms with Crippen LogP contribution in [0.3, 0.4) is 0 Å². The zero-order valence-corrected chi connectivity index (χ0v) is 10.8. The van der Waals surface area contributed by atoms with Crippen LogP contribution in [-0.4, -0.2) is 36.0 Å². The van der Waals surface area contributed by atoms with Gasteiger partial charge in [0, 0.05) is 24.7 Å². The molecule has 2 fully saturated rings. The molecule has 1 amide bonds. The lowest BCUT2D eigenvalue weighted by Crippen LogP contribution is -2.42. The van der Waals surface area contributed by atoms with E-state index in [1.165, 1.54) is 18.8 Å². The fraction of sp³-hybridized carbons (Fsp3) is 0.571. The van der Waals surface area contributed by atoms with Gasteiger partial charge in [-0.05, 0) is 38.3 Å². The summed E-state index contributed by atoms with van der Waals surface area (Å²) in [7, 11) is 0. The van der Waals surface area contributed by atoms with E-state index >= 15 is 0 Å². The summed E-state index contributed by atoms with van der Waals surface area (Å²) in [4.78, 5) is 25.3. The maximum absolute atomic E-state index is 12.5. The maximum atomic E-state index is 12.5. The summed E-state index contributed by atoms with van der Waals surface area (Å²) in [5.41, 5.74) is 0.0384. The second kappa shape index (κ2) is 5.17. The van der Waals surface area contributed by atoms with Crippen molar-refractivity contribution >= 4 is 5.91 Å². The van der Waals surface area contributed by atoms with Gasteiger partial charge >= 0.3 is 5.63 Å². The van der Waals surface area contributed by atoms with Gasteiger partial charge in [0.1, 0.15) is 6.26 Å². The Labute approximate surface area is 111 Å². The molecule has 102 valence electrons. The van der Waals surface area contributed by atoms with Gasteiger partial charge in [0.15, 0.2) is 0 Å². The predicted octanol–water partition coefficient (Wildman–Crippen LogP) is 0.996. The Kier molecular flexibility index (Phi) is 3.38. The summed E-state index contributed by atoms with van der Waals surface area (Å²) >= 11 is 0. The number of nitrogens with one attached hydrogen (secondary N) is 1. The lowest BCUT2D eigenvalue weighted by Gasteiger charge is -2.25. The van der Waals surface area contributed by atoms with Crippen LogP contribution in [0.15, 0.2) is 27.6 Å². The zero-order valence-electron chi connectivity index (χ0n) is 10.8. The Morgan fingerprint density at radius 2 is 2.21 bits per heavy atom. The molecule has 3 rings (SSSR count). The first-order valence-electron chi connectivity index (χ1n) is 6.87. The average molecular weight is 262 g/mol. The second-order valence-electron chi connectivity index (χ2n) is 5.33. The highest BCUT2D eigenvalue weighted by atomic mass is 16.4. The van der Waals surface area contributed by atoms with Gasteiger partial charge < -0.3 is 14.6 Å². The first kappa shape index (κ1) is 12.4. The molecule has 1 aliphatic heterocycles. The standard InChI is InChI=1S/C14H18N2O3/c17-13-6-3-10(9-19-13)14(18)16(12-4-5-12)8-11-2-1-7-15-11/h3,6,9,11-12,15H,1-2,4-5,7-8H2. The highest BCUT2D eigenvalue weighted by molar-refractivity contribution is 5.94. The van der Waals surface area contributed by atoms with E-state index < -0.39 is 5.63 Å².